The maximum Gasteiger partial charge on any atom is 0.0249 e. The Balaban J connectivity index is 2.55. The van der Waals surface area contributed by atoms with Gasteiger partial charge in [0.05, 0.1) is 0 Å². The molecule has 0 nitrogen and oxygen atoms in total. The third-order valence-electron chi connectivity index (χ3n) is 3.77. The first-order valence-electron chi connectivity index (χ1n) is 6.23. The first kappa shape index (κ1) is 9.70. The molecular weight excluding hydrogens is 216 g/mol. The van der Waals surface area contributed by atoms with E-state index in [0.29, 0.717) is 0 Å². The van der Waals surface area contributed by atoms with Gasteiger partial charge in [-0.3, -0.25) is 0 Å². The fourth-order valence-electron chi connectivity index (χ4n) is 2.88. The van der Waals surface area contributed by atoms with E-state index in [9.17, 15) is 0 Å². The standard InChI is InChI=1S/C18H12/c1-12-8-9-15-11-10-14-5-2-4-13-6-3-7-16(12)18(15)17(13)14/h2-5,7-11H,1H3. The van der Waals surface area contributed by atoms with Crippen LogP contribution < -0.4 is 10.4 Å². The topological polar surface area (TPSA) is 0 Å². The number of aryl methyl sites for hydroxylation is 1. The van der Waals surface area contributed by atoms with Crippen molar-refractivity contribution in [2.75, 3.05) is 0 Å². The average Bonchev–Trinajstić information content (AvgIpc) is 2.60. The van der Waals surface area contributed by atoms with E-state index in [-0.39, 0.29) is 0 Å². The molecule has 3 aromatic rings. The number of hydrogen-bond acceptors (Lipinski definition) is 0. The molecule has 0 heteroatoms. The summed E-state index contributed by atoms with van der Waals surface area (Å²) in [5.74, 6) is 0. The molecule has 3 aromatic carbocycles. The quantitative estimate of drug-likeness (QED) is 0.519. The van der Waals surface area contributed by atoms with Crippen molar-refractivity contribution in [3.63, 3.8) is 0 Å². The van der Waals surface area contributed by atoms with Crippen LogP contribution in [0.3, 0.4) is 0 Å². The van der Waals surface area contributed by atoms with Gasteiger partial charge in [0, 0.05) is 10.6 Å². The van der Waals surface area contributed by atoms with E-state index < -0.39 is 0 Å². The van der Waals surface area contributed by atoms with Gasteiger partial charge < -0.3 is 0 Å². The molecule has 0 bridgehead atoms. The molecule has 0 aromatic heterocycles. The third-order valence-corrected chi connectivity index (χ3v) is 3.77. The fourth-order valence-corrected chi connectivity index (χ4v) is 2.88. The van der Waals surface area contributed by atoms with Gasteiger partial charge in [0.2, 0.25) is 0 Å². The Kier molecular flexibility index (Phi) is 1.81. The highest BCUT2D eigenvalue weighted by Crippen LogP contribution is 2.21. The zero-order valence-corrected chi connectivity index (χ0v) is 10.2. The lowest BCUT2D eigenvalue weighted by Crippen LogP contribution is -2.09. The van der Waals surface area contributed by atoms with E-state index in [2.05, 4.69) is 61.2 Å². The van der Waals surface area contributed by atoms with Gasteiger partial charge in [-0.25, -0.2) is 0 Å². The Labute approximate surface area is 105 Å². The fraction of sp³-hybridized carbons (Fsp3) is 0.0556. The Morgan fingerprint density at radius 3 is 2.50 bits per heavy atom. The van der Waals surface area contributed by atoms with E-state index in [1.165, 1.54) is 37.5 Å². The van der Waals surface area contributed by atoms with E-state index in [4.69, 9.17) is 0 Å². The highest BCUT2D eigenvalue weighted by atomic mass is 14.1. The van der Waals surface area contributed by atoms with Gasteiger partial charge in [-0.15, -0.1) is 5.73 Å². The predicted molar refractivity (Wildman–Crippen MR) is 77.9 cm³/mol. The van der Waals surface area contributed by atoms with Crippen molar-refractivity contribution < 1.29 is 0 Å². The van der Waals surface area contributed by atoms with Crippen molar-refractivity contribution in [2.24, 2.45) is 0 Å². The lowest BCUT2D eigenvalue weighted by molar-refractivity contribution is 1.45. The van der Waals surface area contributed by atoms with Crippen LogP contribution in [0.1, 0.15) is 5.56 Å². The smallest absolute Gasteiger partial charge is 0.0249 e. The van der Waals surface area contributed by atoms with Gasteiger partial charge in [-0.2, -0.15) is 0 Å². The summed E-state index contributed by atoms with van der Waals surface area (Å²) in [5.41, 5.74) is 4.71. The summed E-state index contributed by atoms with van der Waals surface area (Å²) in [4.78, 5) is 0. The lowest BCUT2D eigenvalue weighted by atomic mass is 9.97. The number of hydrogen-bond donors (Lipinski definition) is 0. The van der Waals surface area contributed by atoms with Crippen molar-refractivity contribution in [3.8, 4) is 0 Å². The highest BCUT2D eigenvalue weighted by Gasteiger charge is 2.05. The van der Waals surface area contributed by atoms with Gasteiger partial charge in [-0.05, 0) is 52.1 Å². The van der Waals surface area contributed by atoms with Crippen LogP contribution in [0.25, 0.3) is 33.4 Å². The van der Waals surface area contributed by atoms with Crippen molar-refractivity contribution in [2.45, 2.75) is 6.92 Å². The summed E-state index contributed by atoms with van der Waals surface area (Å²) < 4.78 is 0. The monoisotopic (exact) mass is 228 g/mol. The van der Waals surface area contributed by atoms with Gasteiger partial charge in [-0.1, -0.05) is 36.4 Å². The summed E-state index contributed by atoms with van der Waals surface area (Å²) in [6.07, 6.45) is 4.22. The molecule has 0 spiro atoms. The molecule has 0 atom stereocenters. The highest BCUT2D eigenvalue weighted by molar-refractivity contribution is 6.09. The minimum Gasteiger partial charge on any atom is -0.112 e. The molecule has 0 amide bonds. The molecule has 0 heterocycles. The second kappa shape index (κ2) is 3.35. The van der Waals surface area contributed by atoms with E-state index in [0.717, 1.165) is 0 Å². The molecule has 4 rings (SSSR count). The van der Waals surface area contributed by atoms with Crippen LogP contribution in [0.4, 0.5) is 0 Å². The second-order valence-corrected chi connectivity index (χ2v) is 4.84. The normalized spacial score (nSPS) is 12.5. The van der Waals surface area contributed by atoms with E-state index >= 15 is 0 Å². The first-order chi connectivity index (χ1) is 8.84. The van der Waals surface area contributed by atoms with Crippen LogP contribution in [0.5, 0.6) is 0 Å². The van der Waals surface area contributed by atoms with Gasteiger partial charge in [0.1, 0.15) is 0 Å². The van der Waals surface area contributed by atoms with E-state index in [1.54, 1.807) is 0 Å². The summed E-state index contributed by atoms with van der Waals surface area (Å²) in [6.45, 7) is 2.17. The minimum atomic E-state index is 1.19. The average molecular weight is 228 g/mol. The first-order valence-corrected chi connectivity index (χ1v) is 6.23. The Bertz CT molecular complexity index is 953. The maximum atomic E-state index is 3.39. The van der Waals surface area contributed by atoms with Crippen LogP contribution in [0, 0.1) is 6.92 Å². The van der Waals surface area contributed by atoms with Crippen LogP contribution in [-0.2, 0) is 0 Å². The maximum absolute atomic E-state index is 3.39. The number of rotatable bonds is 0. The van der Waals surface area contributed by atoms with Crippen LogP contribution in [-0.4, -0.2) is 0 Å². The van der Waals surface area contributed by atoms with Crippen LogP contribution >= 0.6 is 0 Å². The Morgan fingerprint density at radius 2 is 1.61 bits per heavy atom. The number of benzene rings is 3. The zero-order valence-electron chi connectivity index (χ0n) is 10.2. The largest absolute Gasteiger partial charge is 0.112 e. The molecule has 1 aliphatic carbocycles. The molecule has 18 heavy (non-hydrogen) atoms. The second-order valence-electron chi connectivity index (χ2n) is 4.84. The molecule has 0 aliphatic heterocycles. The summed E-state index contributed by atoms with van der Waals surface area (Å²) in [5, 5.41) is 7.82. The molecule has 0 saturated heterocycles. The molecule has 0 saturated carbocycles. The molecule has 1 aliphatic rings. The van der Waals surface area contributed by atoms with Crippen molar-refractivity contribution >= 4 is 33.4 Å². The molecule has 0 unspecified atom stereocenters. The predicted octanol–water partition coefficient (Wildman–Crippen LogP) is 3.03. The summed E-state index contributed by atoms with van der Waals surface area (Å²) >= 11 is 0. The molecule has 0 radical (unpaired) electrons. The zero-order chi connectivity index (χ0) is 12.1. The van der Waals surface area contributed by atoms with Gasteiger partial charge in [0.25, 0.3) is 0 Å². The third kappa shape index (κ3) is 1.16. The van der Waals surface area contributed by atoms with Crippen molar-refractivity contribution in [1.29, 1.82) is 0 Å². The molecular formula is C18H12. The Hall–Kier alpha value is -2.30. The molecule has 0 fully saturated rings. The Morgan fingerprint density at radius 1 is 0.833 bits per heavy atom. The minimum absolute atomic E-state index is 1.19. The summed E-state index contributed by atoms with van der Waals surface area (Å²) in [7, 11) is 0. The van der Waals surface area contributed by atoms with Crippen molar-refractivity contribution in [3.05, 3.63) is 64.5 Å². The lowest BCUT2D eigenvalue weighted by Gasteiger charge is -2.06. The number of allylic oxidation sites excluding steroid dienone is 1. The van der Waals surface area contributed by atoms with Gasteiger partial charge in [0.15, 0.2) is 0 Å². The SMILES string of the molecule is Cc1ccc2ccc3cccc4c3c2c1=CC=C=4. The molecule has 0 N–H and O–H groups in total. The van der Waals surface area contributed by atoms with Crippen LogP contribution in [0.15, 0.2) is 48.5 Å². The summed E-state index contributed by atoms with van der Waals surface area (Å²) in [6, 6.07) is 15.2. The van der Waals surface area contributed by atoms with Gasteiger partial charge >= 0.3 is 0 Å². The van der Waals surface area contributed by atoms with E-state index in [1.807, 2.05) is 6.08 Å². The molecule has 84 valence electrons. The van der Waals surface area contributed by atoms with Crippen LogP contribution in [0.2, 0.25) is 0 Å². The van der Waals surface area contributed by atoms with Crippen molar-refractivity contribution in [1.82, 2.24) is 0 Å².